The van der Waals surface area contributed by atoms with E-state index in [0.29, 0.717) is 29.2 Å². The summed E-state index contributed by atoms with van der Waals surface area (Å²) in [6, 6.07) is 5.71. The van der Waals surface area contributed by atoms with Gasteiger partial charge < -0.3 is 15.2 Å². The molecule has 0 aliphatic carbocycles. The lowest BCUT2D eigenvalue weighted by molar-refractivity contribution is 0.354. The standard InChI is InChI=1S/C16H18N4O4S2/c1-23-10-6-4-9(8-11(10)24-2)5-7-12-18-13-14(25-12)19-16(17)20-15(13)26(3,21)22/h4,6,8H,5,7H2,1-3H3,(H2,17,19,20). The van der Waals surface area contributed by atoms with Crippen molar-refractivity contribution in [2.75, 3.05) is 26.2 Å². The van der Waals surface area contributed by atoms with Crippen LogP contribution in [0.3, 0.4) is 0 Å². The molecule has 0 saturated heterocycles. The lowest BCUT2D eigenvalue weighted by atomic mass is 10.1. The minimum Gasteiger partial charge on any atom is -0.493 e. The molecule has 2 N–H and O–H groups in total. The van der Waals surface area contributed by atoms with Crippen molar-refractivity contribution in [3.63, 3.8) is 0 Å². The number of aromatic nitrogens is 3. The van der Waals surface area contributed by atoms with Gasteiger partial charge in [-0.05, 0) is 24.1 Å². The summed E-state index contributed by atoms with van der Waals surface area (Å²) in [6.07, 6.45) is 2.41. The minimum atomic E-state index is -3.54. The zero-order valence-electron chi connectivity index (χ0n) is 14.5. The van der Waals surface area contributed by atoms with Crippen molar-refractivity contribution in [3.8, 4) is 11.5 Å². The number of nitrogens with two attached hydrogens (primary N) is 1. The second-order valence-corrected chi connectivity index (χ2v) is 8.60. The molecule has 0 spiro atoms. The van der Waals surface area contributed by atoms with E-state index in [1.165, 1.54) is 11.3 Å². The van der Waals surface area contributed by atoms with Crippen molar-refractivity contribution in [2.45, 2.75) is 17.9 Å². The van der Waals surface area contributed by atoms with E-state index in [1.54, 1.807) is 14.2 Å². The number of nitrogens with zero attached hydrogens (tertiary/aromatic N) is 3. The normalized spacial score (nSPS) is 11.7. The Kier molecular flexibility index (Phi) is 4.97. The van der Waals surface area contributed by atoms with Crippen LogP contribution in [0.1, 0.15) is 10.6 Å². The second kappa shape index (κ2) is 7.04. The first-order valence-electron chi connectivity index (χ1n) is 7.65. The van der Waals surface area contributed by atoms with Crippen LogP contribution in [-0.4, -0.2) is 43.8 Å². The van der Waals surface area contributed by atoms with Gasteiger partial charge in [0.15, 0.2) is 31.2 Å². The molecule has 2 aromatic heterocycles. The fourth-order valence-electron chi connectivity index (χ4n) is 2.51. The maximum absolute atomic E-state index is 11.9. The van der Waals surface area contributed by atoms with E-state index in [9.17, 15) is 8.42 Å². The summed E-state index contributed by atoms with van der Waals surface area (Å²) in [5, 5.41) is 0.633. The Bertz CT molecular complexity index is 1060. The van der Waals surface area contributed by atoms with Crippen LogP contribution in [0, 0.1) is 0 Å². The smallest absolute Gasteiger partial charge is 0.222 e. The maximum Gasteiger partial charge on any atom is 0.222 e. The number of benzene rings is 1. The molecule has 26 heavy (non-hydrogen) atoms. The Labute approximate surface area is 154 Å². The zero-order valence-corrected chi connectivity index (χ0v) is 16.1. The van der Waals surface area contributed by atoms with Gasteiger partial charge >= 0.3 is 0 Å². The van der Waals surface area contributed by atoms with Crippen LogP contribution in [0.2, 0.25) is 0 Å². The van der Waals surface area contributed by atoms with E-state index < -0.39 is 9.84 Å². The van der Waals surface area contributed by atoms with Crippen LogP contribution >= 0.6 is 11.3 Å². The van der Waals surface area contributed by atoms with Crippen LogP contribution in [0.15, 0.2) is 23.2 Å². The van der Waals surface area contributed by atoms with Gasteiger partial charge in [-0.3, -0.25) is 0 Å². The Morgan fingerprint density at radius 2 is 1.81 bits per heavy atom. The van der Waals surface area contributed by atoms with Crippen LogP contribution in [0.5, 0.6) is 11.5 Å². The number of rotatable bonds is 6. The first-order valence-corrected chi connectivity index (χ1v) is 10.4. The van der Waals surface area contributed by atoms with Gasteiger partial charge in [0.25, 0.3) is 0 Å². The van der Waals surface area contributed by atoms with Crippen molar-refractivity contribution in [1.29, 1.82) is 0 Å². The average Bonchev–Trinajstić information content (AvgIpc) is 3.00. The van der Waals surface area contributed by atoms with Crippen molar-refractivity contribution in [2.24, 2.45) is 0 Å². The van der Waals surface area contributed by atoms with Crippen molar-refractivity contribution in [1.82, 2.24) is 15.0 Å². The Morgan fingerprint density at radius 1 is 1.08 bits per heavy atom. The number of anilines is 1. The molecule has 0 saturated carbocycles. The molecule has 0 radical (unpaired) electrons. The zero-order chi connectivity index (χ0) is 18.9. The topological polar surface area (TPSA) is 117 Å². The van der Waals surface area contributed by atoms with Crippen LogP contribution in [0.4, 0.5) is 5.95 Å². The molecule has 3 aromatic rings. The number of hydrogen-bond donors (Lipinski definition) is 1. The first-order chi connectivity index (χ1) is 12.3. The third-order valence-corrected chi connectivity index (χ3v) is 5.71. The van der Waals surface area contributed by atoms with Crippen molar-refractivity contribution < 1.29 is 17.9 Å². The van der Waals surface area contributed by atoms with Gasteiger partial charge in [-0.2, -0.15) is 4.98 Å². The van der Waals surface area contributed by atoms with E-state index in [4.69, 9.17) is 15.2 Å². The van der Waals surface area contributed by atoms with Crippen LogP contribution < -0.4 is 15.2 Å². The minimum absolute atomic E-state index is 0.0759. The molecule has 0 aliphatic rings. The van der Waals surface area contributed by atoms with E-state index in [0.717, 1.165) is 16.8 Å². The van der Waals surface area contributed by atoms with E-state index in [-0.39, 0.29) is 16.5 Å². The summed E-state index contributed by atoms with van der Waals surface area (Å²) in [4.78, 5) is 12.8. The molecule has 8 nitrogen and oxygen atoms in total. The highest BCUT2D eigenvalue weighted by atomic mass is 32.2. The molecule has 10 heteroatoms. The highest BCUT2D eigenvalue weighted by Gasteiger charge is 2.20. The number of sulfone groups is 1. The number of methoxy groups -OCH3 is 2. The monoisotopic (exact) mass is 394 g/mol. The number of ether oxygens (including phenoxy) is 2. The highest BCUT2D eigenvalue weighted by molar-refractivity contribution is 7.90. The van der Waals surface area contributed by atoms with Crippen LogP contribution in [0.25, 0.3) is 10.3 Å². The summed E-state index contributed by atoms with van der Waals surface area (Å²) in [5.41, 5.74) is 6.95. The molecular weight excluding hydrogens is 376 g/mol. The molecule has 0 atom stereocenters. The summed E-state index contributed by atoms with van der Waals surface area (Å²) < 4.78 is 34.4. The van der Waals surface area contributed by atoms with Gasteiger partial charge in [-0.25, -0.2) is 18.4 Å². The lowest BCUT2D eigenvalue weighted by Gasteiger charge is -2.09. The Hall–Kier alpha value is -2.46. The molecule has 0 amide bonds. The summed E-state index contributed by atoms with van der Waals surface area (Å²) in [7, 11) is -0.363. The van der Waals surface area contributed by atoms with Gasteiger partial charge in [0.1, 0.15) is 5.52 Å². The molecule has 1 aromatic carbocycles. The number of thiazole rings is 1. The summed E-state index contributed by atoms with van der Waals surface area (Å²) in [5.74, 6) is 1.25. The average molecular weight is 394 g/mol. The fraction of sp³-hybridized carbons (Fsp3) is 0.312. The first kappa shape index (κ1) is 18.3. The predicted molar refractivity (Wildman–Crippen MR) is 99.7 cm³/mol. The predicted octanol–water partition coefficient (Wildman–Crippen LogP) is 1.87. The molecule has 138 valence electrons. The molecular formula is C16H18N4O4S2. The highest BCUT2D eigenvalue weighted by Crippen LogP contribution is 2.29. The fourth-order valence-corrected chi connectivity index (χ4v) is 4.27. The second-order valence-electron chi connectivity index (χ2n) is 5.61. The van der Waals surface area contributed by atoms with Gasteiger partial charge in [0.2, 0.25) is 5.95 Å². The molecule has 0 unspecified atom stereocenters. The van der Waals surface area contributed by atoms with Crippen molar-refractivity contribution >= 4 is 37.5 Å². The van der Waals surface area contributed by atoms with E-state index in [2.05, 4.69) is 15.0 Å². The molecule has 0 bridgehead atoms. The van der Waals surface area contributed by atoms with Gasteiger partial charge in [0, 0.05) is 12.7 Å². The summed E-state index contributed by atoms with van der Waals surface area (Å²) in [6.45, 7) is 0. The van der Waals surface area contributed by atoms with Gasteiger partial charge in [-0.1, -0.05) is 17.4 Å². The van der Waals surface area contributed by atoms with E-state index in [1.807, 2.05) is 18.2 Å². The number of fused-ring (bicyclic) bond motifs is 1. The SMILES string of the molecule is COc1ccc(CCc2nc3c(S(C)(=O)=O)nc(N)nc3s2)cc1OC. The quantitative estimate of drug-likeness (QED) is 0.630. The van der Waals surface area contributed by atoms with Crippen LogP contribution in [-0.2, 0) is 22.7 Å². The largest absolute Gasteiger partial charge is 0.493 e. The van der Waals surface area contributed by atoms with Crippen molar-refractivity contribution in [3.05, 3.63) is 28.8 Å². The Morgan fingerprint density at radius 3 is 2.46 bits per heavy atom. The summed E-state index contributed by atoms with van der Waals surface area (Å²) >= 11 is 1.32. The Balaban J connectivity index is 1.88. The van der Waals surface area contributed by atoms with E-state index >= 15 is 0 Å². The maximum atomic E-state index is 11.9. The number of aryl methyl sites for hydroxylation is 2. The van der Waals surface area contributed by atoms with Gasteiger partial charge in [0.05, 0.1) is 19.2 Å². The molecule has 0 fully saturated rings. The molecule has 0 aliphatic heterocycles. The number of nitrogen functional groups attached to an aromatic ring is 1. The lowest BCUT2D eigenvalue weighted by Crippen LogP contribution is -2.05. The number of hydrogen-bond acceptors (Lipinski definition) is 9. The molecule has 3 rings (SSSR count). The van der Waals surface area contributed by atoms with Gasteiger partial charge in [-0.15, -0.1) is 0 Å². The molecule has 2 heterocycles. The third kappa shape index (κ3) is 3.70. The third-order valence-electron chi connectivity index (χ3n) is 3.72.